The van der Waals surface area contributed by atoms with Gasteiger partial charge < -0.3 is 20.4 Å². The number of carbonyl (C=O) groups excluding carboxylic acids is 1. The van der Waals surface area contributed by atoms with Gasteiger partial charge in [0, 0.05) is 33.7 Å². The Hall–Kier alpha value is -0.570. The zero-order chi connectivity index (χ0) is 17.9. The second kappa shape index (κ2) is 13.6. The lowest BCUT2D eigenvalue weighted by molar-refractivity contribution is -0.127. The van der Waals surface area contributed by atoms with E-state index in [1.807, 2.05) is 0 Å². The second-order valence-electron chi connectivity index (χ2n) is 7.67. The Kier molecular flexibility index (Phi) is 12.3. The minimum atomic E-state index is 0. The van der Waals surface area contributed by atoms with Crippen LogP contribution < -0.4 is 10.6 Å². The molecule has 1 amide bonds. The van der Waals surface area contributed by atoms with Crippen molar-refractivity contribution < 1.29 is 4.79 Å². The fraction of sp³-hybridized carbons (Fsp3) is 0.895. The zero-order valence-corrected chi connectivity index (χ0v) is 19.0. The average molecular weight is 479 g/mol. The summed E-state index contributed by atoms with van der Waals surface area (Å²) in [5.74, 6) is 1.57. The van der Waals surface area contributed by atoms with E-state index >= 15 is 0 Å². The molecular formula is C19H38IN5O. The Balaban J connectivity index is 0.00000338. The van der Waals surface area contributed by atoms with Gasteiger partial charge in [-0.25, -0.2) is 4.99 Å². The number of carbonyl (C=O) groups is 1. The molecule has 1 aliphatic carbocycles. The first-order chi connectivity index (χ1) is 12.1. The summed E-state index contributed by atoms with van der Waals surface area (Å²) in [6.45, 7) is 5.52. The summed E-state index contributed by atoms with van der Waals surface area (Å²) >= 11 is 0. The van der Waals surface area contributed by atoms with Crippen LogP contribution in [-0.4, -0.2) is 75.0 Å². The summed E-state index contributed by atoms with van der Waals surface area (Å²) in [4.78, 5) is 20.4. The summed E-state index contributed by atoms with van der Waals surface area (Å²) < 4.78 is 0. The lowest BCUT2D eigenvalue weighted by Gasteiger charge is -2.27. The molecule has 6 nitrogen and oxygen atoms in total. The third-order valence-corrected chi connectivity index (χ3v) is 5.32. The molecule has 0 spiro atoms. The van der Waals surface area contributed by atoms with Crippen molar-refractivity contribution >= 4 is 35.8 Å². The number of piperidine rings is 1. The molecule has 7 heteroatoms. The van der Waals surface area contributed by atoms with Gasteiger partial charge in [-0.3, -0.25) is 4.79 Å². The van der Waals surface area contributed by atoms with Gasteiger partial charge in [-0.15, -0.1) is 24.0 Å². The van der Waals surface area contributed by atoms with Crippen LogP contribution in [0.2, 0.25) is 0 Å². The Labute approximate surface area is 176 Å². The maximum atomic E-state index is 11.8. The normalized spacial score (nSPS) is 19.5. The number of rotatable bonds is 7. The summed E-state index contributed by atoms with van der Waals surface area (Å²) in [6.07, 6.45) is 10.7. The van der Waals surface area contributed by atoms with Gasteiger partial charge in [-0.2, -0.15) is 0 Å². The van der Waals surface area contributed by atoms with Crippen LogP contribution in [0.5, 0.6) is 0 Å². The first-order valence-corrected chi connectivity index (χ1v) is 10.1. The highest BCUT2D eigenvalue weighted by atomic mass is 127. The quantitative estimate of drug-likeness (QED) is 0.334. The molecule has 0 unspecified atom stereocenters. The van der Waals surface area contributed by atoms with Crippen molar-refractivity contribution in [3.8, 4) is 0 Å². The van der Waals surface area contributed by atoms with Crippen molar-refractivity contribution in [1.82, 2.24) is 20.4 Å². The Morgan fingerprint density at radius 2 is 1.69 bits per heavy atom. The molecular weight excluding hydrogens is 441 g/mol. The van der Waals surface area contributed by atoms with Gasteiger partial charge in [0.2, 0.25) is 5.91 Å². The number of nitrogens with zero attached hydrogens (tertiary/aromatic N) is 3. The van der Waals surface area contributed by atoms with Crippen molar-refractivity contribution in [3.63, 3.8) is 0 Å². The van der Waals surface area contributed by atoms with Crippen LogP contribution in [0.3, 0.4) is 0 Å². The molecule has 1 saturated carbocycles. The molecule has 0 aromatic carbocycles. The van der Waals surface area contributed by atoms with Crippen LogP contribution >= 0.6 is 24.0 Å². The van der Waals surface area contributed by atoms with E-state index in [0.29, 0.717) is 0 Å². The minimum Gasteiger partial charge on any atom is -0.356 e. The summed E-state index contributed by atoms with van der Waals surface area (Å²) in [5.41, 5.74) is 0. The topological polar surface area (TPSA) is 60.0 Å². The molecule has 0 atom stereocenters. The molecule has 2 aliphatic rings. The Morgan fingerprint density at radius 1 is 1.04 bits per heavy atom. The van der Waals surface area contributed by atoms with E-state index in [9.17, 15) is 4.79 Å². The van der Waals surface area contributed by atoms with Crippen molar-refractivity contribution in [2.24, 2.45) is 10.9 Å². The highest BCUT2D eigenvalue weighted by molar-refractivity contribution is 14.0. The first-order valence-electron chi connectivity index (χ1n) is 10.1. The lowest BCUT2D eigenvalue weighted by Crippen LogP contribution is -2.44. The molecule has 0 aromatic heterocycles. The molecule has 1 aliphatic heterocycles. The predicted octanol–water partition coefficient (Wildman–Crippen LogP) is 2.29. The van der Waals surface area contributed by atoms with Gasteiger partial charge in [-0.05, 0) is 44.7 Å². The molecule has 0 aromatic rings. The van der Waals surface area contributed by atoms with Crippen LogP contribution in [-0.2, 0) is 4.79 Å². The molecule has 152 valence electrons. The SMILES string of the molecule is CN(C)C(=O)CN=C(NCCN1CCCCC1)NCC1CCCCC1.I. The molecule has 0 bridgehead atoms. The summed E-state index contributed by atoms with van der Waals surface area (Å²) in [5, 5.41) is 6.90. The summed E-state index contributed by atoms with van der Waals surface area (Å²) in [7, 11) is 3.55. The van der Waals surface area contributed by atoms with Gasteiger partial charge in [0.1, 0.15) is 6.54 Å². The largest absolute Gasteiger partial charge is 0.356 e. The van der Waals surface area contributed by atoms with Crippen LogP contribution in [0, 0.1) is 5.92 Å². The van der Waals surface area contributed by atoms with Crippen LogP contribution in [0.15, 0.2) is 4.99 Å². The van der Waals surface area contributed by atoms with E-state index in [4.69, 9.17) is 0 Å². The highest BCUT2D eigenvalue weighted by Crippen LogP contribution is 2.22. The van der Waals surface area contributed by atoms with Crippen LogP contribution in [0.25, 0.3) is 0 Å². The number of likely N-dealkylation sites (N-methyl/N-ethyl adjacent to an activating group) is 1. The molecule has 26 heavy (non-hydrogen) atoms. The Morgan fingerprint density at radius 3 is 2.35 bits per heavy atom. The van der Waals surface area contributed by atoms with E-state index in [1.165, 1.54) is 64.5 Å². The molecule has 2 fully saturated rings. The van der Waals surface area contributed by atoms with E-state index in [1.54, 1.807) is 19.0 Å². The van der Waals surface area contributed by atoms with Crippen molar-refractivity contribution in [2.45, 2.75) is 51.4 Å². The number of aliphatic imine (C=N–C) groups is 1. The standard InChI is InChI=1S/C19H37N5O.HI/c1-23(2)18(25)16-22-19(21-15-17-9-5-3-6-10-17)20-11-14-24-12-7-4-8-13-24;/h17H,3-16H2,1-2H3,(H2,20,21,22);1H. The van der Waals surface area contributed by atoms with Crippen molar-refractivity contribution in [1.29, 1.82) is 0 Å². The number of likely N-dealkylation sites (tertiary alicyclic amines) is 1. The maximum Gasteiger partial charge on any atom is 0.243 e. The Bertz CT molecular complexity index is 418. The third kappa shape index (κ3) is 9.39. The smallest absolute Gasteiger partial charge is 0.243 e. The molecule has 0 radical (unpaired) electrons. The molecule has 2 rings (SSSR count). The predicted molar refractivity (Wildman–Crippen MR) is 119 cm³/mol. The van der Waals surface area contributed by atoms with Gasteiger partial charge in [0.15, 0.2) is 5.96 Å². The fourth-order valence-corrected chi connectivity index (χ4v) is 3.61. The van der Waals surface area contributed by atoms with Gasteiger partial charge in [0.25, 0.3) is 0 Å². The minimum absolute atomic E-state index is 0. The number of hydrogen-bond acceptors (Lipinski definition) is 3. The first kappa shape index (κ1) is 23.5. The van der Waals surface area contributed by atoms with E-state index in [-0.39, 0.29) is 36.4 Å². The van der Waals surface area contributed by atoms with Gasteiger partial charge in [0.05, 0.1) is 0 Å². The molecule has 1 saturated heterocycles. The second-order valence-corrected chi connectivity index (χ2v) is 7.67. The van der Waals surface area contributed by atoms with Gasteiger partial charge in [-0.1, -0.05) is 25.7 Å². The van der Waals surface area contributed by atoms with Crippen molar-refractivity contribution in [3.05, 3.63) is 0 Å². The number of amides is 1. The van der Waals surface area contributed by atoms with Crippen LogP contribution in [0.4, 0.5) is 0 Å². The monoisotopic (exact) mass is 479 g/mol. The van der Waals surface area contributed by atoms with Gasteiger partial charge >= 0.3 is 0 Å². The fourth-order valence-electron chi connectivity index (χ4n) is 3.61. The molecule has 1 heterocycles. The van der Waals surface area contributed by atoms with E-state index in [2.05, 4.69) is 20.5 Å². The lowest BCUT2D eigenvalue weighted by atomic mass is 9.89. The summed E-state index contributed by atoms with van der Waals surface area (Å²) in [6, 6.07) is 0. The average Bonchev–Trinajstić information content (AvgIpc) is 2.64. The van der Waals surface area contributed by atoms with Crippen molar-refractivity contribution in [2.75, 3.05) is 53.4 Å². The van der Waals surface area contributed by atoms with Crippen LogP contribution in [0.1, 0.15) is 51.4 Å². The zero-order valence-electron chi connectivity index (χ0n) is 16.6. The third-order valence-electron chi connectivity index (χ3n) is 5.32. The van der Waals surface area contributed by atoms with E-state index in [0.717, 1.165) is 31.5 Å². The number of guanidine groups is 1. The number of nitrogens with one attached hydrogen (secondary N) is 2. The number of halogens is 1. The number of hydrogen-bond donors (Lipinski definition) is 2. The molecule has 2 N–H and O–H groups in total. The maximum absolute atomic E-state index is 11.8. The van der Waals surface area contributed by atoms with E-state index < -0.39 is 0 Å². The highest BCUT2D eigenvalue weighted by Gasteiger charge is 2.14.